The SMILES string of the molecule is CC1(Nc2ncc3nc(Nc4ccnc(C(F)(F)F)c4)n([C@H]4CC[C@H](C(N)=O)CC4)c3n2)CCOCC1. The molecular weight excluding hydrogens is 489 g/mol. The van der Waals surface area contributed by atoms with E-state index in [9.17, 15) is 18.0 Å². The molecule has 1 amide bonds. The number of alkyl halides is 3. The van der Waals surface area contributed by atoms with Crippen LogP contribution in [0.4, 0.5) is 30.8 Å². The van der Waals surface area contributed by atoms with Crippen molar-refractivity contribution in [3.05, 3.63) is 30.2 Å². The van der Waals surface area contributed by atoms with Crippen molar-refractivity contribution >= 4 is 34.7 Å². The fourth-order valence-electron chi connectivity index (χ4n) is 5.01. The summed E-state index contributed by atoms with van der Waals surface area (Å²) in [5.74, 6) is 0.277. The van der Waals surface area contributed by atoms with Gasteiger partial charge in [-0.1, -0.05) is 0 Å². The molecule has 3 aromatic heterocycles. The highest BCUT2D eigenvalue weighted by Gasteiger charge is 2.33. The smallest absolute Gasteiger partial charge is 0.381 e. The first kappa shape index (κ1) is 25.2. The van der Waals surface area contributed by atoms with Gasteiger partial charge in [-0.15, -0.1) is 0 Å². The van der Waals surface area contributed by atoms with Gasteiger partial charge < -0.3 is 21.1 Å². The summed E-state index contributed by atoms with van der Waals surface area (Å²) in [6.07, 6.45) is 2.28. The molecule has 10 nitrogen and oxygen atoms in total. The molecule has 1 saturated carbocycles. The lowest BCUT2D eigenvalue weighted by molar-refractivity contribution is -0.141. The Kier molecular flexibility index (Phi) is 6.65. The molecule has 5 rings (SSSR count). The Hall–Kier alpha value is -3.48. The molecule has 13 heteroatoms. The summed E-state index contributed by atoms with van der Waals surface area (Å²) >= 11 is 0. The molecule has 3 aromatic rings. The van der Waals surface area contributed by atoms with Crippen molar-refractivity contribution < 1.29 is 22.7 Å². The van der Waals surface area contributed by atoms with E-state index in [1.54, 1.807) is 6.20 Å². The zero-order chi connectivity index (χ0) is 26.2. The number of imidazole rings is 1. The Balaban J connectivity index is 1.51. The van der Waals surface area contributed by atoms with E-state index in [2.05, 4.69) is 32.5 Å². The van der Waals surface area contributed by atoms with Crippen LogP contribution in [0.25, 0.3) is 11.2 Å². The van der Waals surface area contributed by atoms with Crippen LogP contribution in [-0.4, -0.2) is 49.2 Å². The fraction of sp³-hybridized carbons (Fsp3) is 0.542. The van der Waals surface area contributed by atoms with Gasteiger partial charge in [0.15, 0.2) is 5.65 Å². The summed E-state index contributed by atoms with van der Waals surface area (Å²) in [4.78, 5) is 29.0. The van der Waals surface area contributed by atoms with Gasteiger partial charge in [-0.25, -0.2) is 9.97 Å². The van der Waals surface area contributed by atoms with Gasteiger partial charge in [0, 0.05) is 42.6 Å². The lowest BCUT2D eigenvalue weighted by Crippen LogP contribution is -2.41. The molecule has 37 heavy (non-hydrogen) atoms. The number of rotatable bonds is 6. The molecule has 2 aliphatic rings. The summed E-state index contributed by atoms with van der Waals surface area (Å²) in [5, 5.41) is 6.46. The van der Waals surface area contributed by atoms with E-state index >= 15 is 0 Å². The molecule has 0 radical (unpaired) electrons. The summed E-state index contributed by atoms with van der Waals surface area (Å²) in [7, 11) is 0. The second-order valence-corrected chi connectivity index (χ2v) is 9.97. The van der Waals surface area contributed by atoms with E-state index in [0.29, 0.717) is 62.0 Å². The number of ether oxygens (including phenoxy) is 1. The number of pyridine rings is 1. The molecular formula is C24H29F3N8O2. The third-order valence-corrected chi connectivity index (χ3v) is 7.21. The van der Waals surface area contributed by atoms with Crippen LogP contribution in [0, 0.1) is 5.92 Å². The molecule has 0 atom stereocenters. The van der Waals surface area contributed by atoms with E-state index in [-0.39, 0.29) is 29.1 Å². The molecule has 4 heterocycles. The molecule has 1 aliphatic heterocycles. The topological polar surface area (TPSA) is 133 Å². The van der Waals surface area contributed by atoms with Crippen molar-refractivity contribution in [2.45, 2.75) is 63.2 Å². The first-order valence-electron chi connectivity index (χ1n) is 12.3. The summed E-state index contributed by atoms with van der Waals surface area (Å²) in [6.45, 7) is 3.39. The van der Waals surface area contributed by atoms with Gasteiger partial charge in [-0.05, 0) is 57.6 Å². The van der Waals surface area contributed by atoms with Crippen molar-refractivity contribution in [2.75, 3.05) is 23.8 Å². The van der Waals surface area contributed by atoms with E-state index in [1.165, 1.54) is 6.07 Å². The molecule has 0 unspecified atom stereocenters. The number of carbonyl (C=O) groups excluding carboxylic acids is 1. The highest BCUT2D eigenvalue weighted by atomic mass is 19.4. The Morgan fingerprint density at radius 2 is 1.89 bits per heavy atom. The maximum absolute atomic E-state index is 13.2. The number of hydrogen-bond acceptors (Lipinski definition) is 8. The Bertz CT molecular complexity index is 1280. The van der Waals surface area contributed by atoms with Crippen LogP contribution in [0.5, 0.6) is 0 Å². The number of halogens is 3. The average Bonchev–Trinajstić information content (AvgIpc) is 3.21. The third-order valence-electron chi connectivity index (χ3n) is 7.21. The minimum Gasteiger partial charge on any atom is -0.381 e. The molecule has 0 aromatic carbocycles. The van der Waals surface area contributed by atoms with Gasteiger partial charge in [0.25, 0.3) is 0 Å². The number of carbonyl (C=O) groups is 1. The van der Waals surface area contributed by atoms with E-state index < -0.39 is 11.9 Å². The van der Waals surface area contributed by atoms with Crippen LogP contribution < -0.4 is 16.4 Å². The molecule has 4 N–H and O–H groups in total. The predicted molar refractivity (Wildman–Crippen MR) is 130 cm³/mol. The van der Waals surface area contributed by atoms with Crippen molar-refractivity contribution in [2.24, 2.45) is 11.7 Å². The van der Waals surface area contributed by atoms with Crippen LogP contribution in [0.1, 0.15) is 57.2 Å². The lowest BCUT2D eigenvalue weighted by Gasteiger charge is -2.34. The molecule has 198 valence electrons. The quantitative estimate of drug-likeness (QED) is 0.443. The zero-order valence-corrected chi connectivity index (χ0v) is 20.4. The van der Waals surface area contributed by atoms with Crippen LogP contribution in [0.3, 0.4) is 0 Å². The number of anilines is 3. The number of aromatic nitrogens is 5. The van der Waals surface area contributed by atoms with Crippen molar-refractivity contribution in [3.8, 4) is 0 Å². The fourth-order valence-corrected chi connectivity index (χ4v) is 5.01. The summed E-state index contributed by atoms with van der Waals surface area (Å²) < 4.78 is 47.1. The average molecular weight is 519 g/mol. The lowest BCUT2D eigenvalue weighted by atomic mass is 9.85. The molecule has 1 saturated heterocycles. The predicted octanol–water partition coefficient (Wildman–Crippen LogP) is 4.18. The standard InChI is InChI=1S/C24H29F3N8O2/c1-23(7-10-37-11-8-23)34-21-30-13-17-20(33-21)35(16-4-2-14(3-5-16)19(28)36)22(32-17)31-15-6-9-29-18(12-15)24(25,26)27/h6,9,12-14,16H,2-5,7-8,10-11H2,1H3,(H2,28,36)(H,29,31,32)(H,30,33,34)/t14-,16-. The number of nitrogens with one attached hydrogen (secondary N) is 2. The molecule has 2 fully saturated rings. The molecule has 1 aliphatic carbocycles. The summed E-state index contributed by atoms with van der Waals surface area (Å²) in [6, 6.07) is 2.32. The Morgan fingerprint density at radius 3 is 2.57 bits per heavy atom. The Morgan fingerprint density at radius 1 is 1.16 bits per heavy atom. The largest absolute Gasteiger partial charge is 0.433 e. The minimum absolute atomic E-state index is 0.0755. The van der Waals surface area contributed by atoms with Crippen LogP contribution in [0.15, 0.2) is 24.5 Å². The first-order valence-corrected chi connectivity index (χ1v) is 12.3. The van der Waals surface area contributed by atoms with Crippen molar-refractivity contribution in [1.82, 2.24) is 24.5 Å². The highest BCUT2D eigenvalue weighted by molar-refractivity contribution is 5.78. The van der Waals surface area contributed by atoms with Crippen molar-refractivity contribution in [3.63, 3.8) is 0 Å². The first-order chi connectivity index (χ1) is 17.6. The van der Waals surface area contributed by atoms with Gasteiger partial charge in [-0.3, -0.25) is 14.3 Å². The number of fused-ring (bicyclic) bond motifs is 1. The zero-order valence-electron chi connectivity index (χ0n) is 20.4. The third kappa shape index (κ3) is 5.45. The normalized spacial score (nSPS) is 22.1. The van der Waals surface area contributed by atoms with E-state index in [1.807, 2.05) is 4.57 Å². The second-order valence-electron chi connectivity index (χ2n) is 9.97. The second kappa shape index (κ2) is 9.77. The van der Waals surface area contributed by atoms with Crippen LogP contribution in [-0.2, 0) is 15.7 Å². The maximum Gasteiger partial charge on any atom is 0.433 e. The van der Waals surface area contributed by atoms with E-state index in [4.69, 9.17) is 15.5 Å². The highest BCUT2D eigenvalue weighted by Crippen LogP contribution is 2.38. The minimum atomic E-state index is -4.57. The number of nitrogens with two attached hydrogens (primary N) is 1. The number of primary amides is 1. The van der Waals surface area contributed by atoms with Gasteiger partial charge in [-0.2, -0.15) is 18.2 Å². The number of hydrogen-bond donors (Lipinski definition) is 3. The van der Waals surface area contributed by atoms with Crippen LogP contribution in [0.2, 0.25) is 0 Å². The Labute approximate surface area is 211 Å². The van der Waals surface area contributed by atoms with Gasteiger partial charge >= 0.3 is 6.18 Å². The summed E-state index contributed by atoms with van der Waals surface area (Å²) in [5.41, 5.74) is 5.56. The van der Waals surface area contributed by atoms with E-state index in [0.717, 1.165) is 25.1 Å². The van der Waals surface area contributed by atoms with Crippen molar-refractivity contribution in [1.29, 1.82) is 0 Å². The maximum atomic E-state index is 13.2. The van der Waals surface area contributed by atoms with Gasteiger partial charge in [0.1, 0.15) is 11.2 Å². The molecule has 0 spiro atoms. The monoisotopic (exact) mass is 518 g/mol. The number of nitrogens with zero attached hydrogens (tertiary/aromatic N) is 5. The van der Waals surface area contributed by atoms with Crippen LogP contribution >= 0.6 is 0 Å². The molecule has 0 bridgehead atoms. The number of amides is 1. The van der Waals surface area contributed by atoms with Gasteiger partial charge in [0.2, 0.25) is 17.8 Å². The van der Waals surface area contributed by atoms with Gasteiger partial charge in [0.05, 0.1) is 6.20 Å².